The highest BCUT2D eigenvalue weighted by Crippen LogP contribution is 2.25. The number of rotatable bonds is 5. The number of nitrogens with one attached hydrogen (secondary N) is 1. The van der Waals surface area contributed by atoms with Crippen molar-refractivity contribution in [2.75, 3.05) is 39.3 Å². The van der Waals surface area contributed by atoms with Crippen LogP contribution in [0.15, 0.2) is 6.20 Å². The molecule has 0 bridgehead atoms. The molecule has 1 fully saturated rings. The van der Waals surface area contributed by atoms with E-state index in [1.54, 1.807) is 7.11 Å². The third-order valence-corrected chi connectivity index (χ3v) is 3.89. The molecule has 100 valence electrons. The maximum absolute atomic E-state index is 11.3. The van der Waals surface area contributed by atoms with Crippen molar-refractivity contribution in [2.45, 2.75) is 12.0 Å². The average Bonchev–Trinajstić information content (AvgIpc) is 3.05. The Labute approximate surface area is 109 Å². The molecular weight excluding hydrogens is 256 g/mol. The SMILES string of the molecule is COC(=O)c1cnc(NCC2(OC)CCOC2)s1. The number of carbonyl (C=O) groups excluding carboxylic acids is 1. The molecule has 0 spiro atoms. The van der Waals surface area contributed by atoms with Gasteiger partial charge in [0.2, 0.25) is 0 Å². The molecule has 6 nitrogen and oxygen atoms in total. The molecule has 1 unspecified atom stereocenters. The zero-order chi connectivity index (χ0) is 13.0. The molecule has 1 aliphatic heterocycles. The number of aromatic nitrogens is 1. The molecule has 1 aromatic heterocycles. The fourth-order valence-electron chi connectivity index (χ4n) is 1.75. The maximum atomic E-state index is 11.3. The van der Waals surface area contributed by atoms with E-state index in [4.69, 9.17) is 9.47 Å². The van der Waals surface area contributed by atoms with E-state index in [0.29, 0.717) is 29.8 Å². The zero-order valence-electron chi connectivity index (χ0n) is 10.4. The molecule has 18 heavy (non-hydrogen) atoms. The molecule has 0 radical (unpaired) electrons. The number of anilines is 1. The van der Waals surface area contributed by atoms with E-state index in [2.05, 4.69) is 15.0 Å². The molecule has 0 aromatic carbocycles. The van der Waals surface area contributed by atoms with Crippen molar-refractivity contribution in [1.82, 2.24) is 4.98 Å². The second-order valence-corrected chi connectivity index (χ2v) is 5.10. The second kappa shape index (κ2) is 5.64. The van der Waals surface area contributed by atoms with Crippen molar-refractivity contribution in [3.63, 3.8) is 0 Å². The fourth-order valence-corrected chi connectivity index (χ4v) is 2.48. The van der Waals surface area contributed by atoms with Gasteiger partial charge < -0.3 is 19.5 Å². The highest BCUT2D eigenvalue weighted by molar-refractivity contribution is 7.17. The molecule has 1 saturated heterocycles. The van der Waals surface area contributed by atoms with Gasteiger partial charge in [0.25, 0.3) is 0 Å². The first-order valence-corrected chi connectivity index (χ1v) is 6.42. The van der Waals surface area contributed by atoms with E-state index >= 15 is 0 Å². The van der Waals surface area contributed by atoms with Gasteiger partial charge >= 0.3 is 5.97 Å². The normalized spacial score (nSPS) is 23.0. The first-order valence-electron chi connectivity index (χ1n) is 5.60. The zero-order valence-corrected chi connectivity index (χ0v) is 11.2. The molecule has 0 saturated carbocycles. The van der Waals surface area contributed by atoms with E-state index in [1.807, 2.05) is 0 Å². The first kappa shape index (κ1) is 13.3. The quantitative estimate of drug-likeness (QED) is 0.811. The molecule has 1 aromatic rings. The van der Waals surface area contributed by atoms with Crippen molar-refractivity contribution in [1.29, 1.82) is 0 Å². The third kappa shape index (κ3) is 2.80. The van der Waals surface area contributed by atoms with Gasteiger partial charge in [0.05, 0.1) is 19.9 Å². The summed E-state index contributed by atoms with van der Waals surface area (Å²) in [6.45, 7) is 1.89. The Balaban J connectivity index is 1.93. The third-order valence-electron chi connectivity index (χ3n) is 2.95. The van der Waals surface area contributed by atoms with Crippen LogP contribution >= 0.6 is 11.3 Å². The number of carbonyl (C=O) groups is 1. The van der Waals surface area contributed by atoms with Gasteiger partial charge in [0.15, 0.2) is 5.13 Å². The Kier molecular flexibility index (Phi) is 4.15. The van der Waals surface area contributed by atoms with E-state index in [9.17, 15) is 4.79 Å². The Morgan fingerprint density at radius 1 is 1.67 bits per heavy atom. The summed E-state index contributed by atoms with van der Waals surface area (Å²) >= 11 is 1.26. The monoisotopic (exact) mass is 272 g/mol. The van der Waals surface area contributed by atoms with Crippen molar-refractivity contribution >= 4 is 22.4 Å². The van der Waals surface area contributed by atoms with Gasteiger partial charge in [-0.05, 0) is 0 Å². The summed E-state index contributed by atoms with van der Waals surface area (Å²) in [5, 5.41) is 3.85. The summed E-state index contributed by atoms with van der Waals surface area (Å²) in [7, 11) is 3.03. The van der Waals surface area contributed by atoms with Crippen molar-refractivity contribution in [3.8, 4) is 0 Å². The molecule has 0 amide bonds. The molecule has 7 heteroatoms. The van der Waals surface area contributed by atoms with Crippen LogP contribution in [0.3, 0.4) is 0 Å². The average molecular weight is 272 g/mol. The lowest BCUT2D eigenvalue weighted by atomic mass is 10.0. The number of hydrogen-bond acceptors (Lipinski definition) is 7. The Morgan fingerprint density at radius 2 is 2.50 bits per heavy atom. The van der Waals surface area contributed by atoms with Crippen LogP contribution in [0.5, 0.6) is 0 Å². The lowest BCUT2D eigenvalue weighted by Gasteiger charge is -2.25. The highest BCUT2D eigenvalue weighted by Gasteiger charge is 2.34. The minimum atomic E-state index is -0.369. The molecule has 2 rings (SSSR count). The Bertz CT molecular complexity index is 415. The number of nitrogens with zero attached hydrogens (tertiary/aromatic N) is 1. The standard InChI is InChI=1S/C11H16N2O4S/c1-15-9(14)8-5-12-10(18-8)13-6-11(16-2)3-4-17-7-11/h5H,3-4,6-7H2,1-2H3,(H,12,13). The molecular formula is C11H16N2O4S. The van der Waals surface area contributed by atoms with Crippen LogP contribution in [0.1, 0.15) is 16.1 Å². The molecule has 1 atom stereocenters. The minimum absolute atomic E-state index is 0.295. The van der Waals surface area contributed by atoms with Gasteiger partial charge in [-0.15, -0.1) is 0 Å². The summed E-state index contributed by atoms with van der Waals surface area (Å²) < 4.78 is 15.5. The minimum Gasteiger partial charge on any atom is -0.465 e. The number of methoxy groups -OCH3 is 2. The molecule has 2 heterocycles. The van der Waals surface area contributed by atoms with E-state index in [0.717, 1.165) is 6.42 Å². The van der Waals surface area contributed by atoms with E-state index in [1.165, 1.54) is 24.6 Å². The first-order chi connectivity index (χ1) is 8.69. The van der Waals surface area contributed by atoms with Crippen molar-refractivity contribution in [2.24, 2.45) is 0 Å². The highest BCUT2D eigenvalue weighted by atomic mass is 32.1. The van der Waals surface area contributed by atoms with Crippen LogP contribution in [-0.4, -0.2) is 50.5 Å². The maximum Gasteiger partial charge on any atom is 0.349 e. The number of hydrogen-bond donors (Lipinski definition) is 1. The predicted molar refractivity (Wildman–Crippen MR) is 67.1 cm³/mol. The van der Waals surface area contributed by atoms with Crippen molar-refractivity contribution in [3.05, 3.63) is 11.1 Å². The second-order valence-electron chi connectivity index (χ2n) is 4.06. The van der Waals surface area contributed by atoms with Crippen LogP contribution in [0.25, 0.3) is 0 Å². The van der Waals surface area contributed by atoms with Gasteiger partial charge in [-0.25, -0.2) is 9.78 Å². The predicted octanol–water partition coefficient (Wildman–Crippen LogP) is 1.15. The summed E-state index contributed by atoms with van der Waals surface area (Å²) in [6.07, 6.45) is 2.36. The van der Waals surface area contributed by atoms with E-state index in [-0.39, 0.29) is 11.6 Å². The van der Waals surface area contributed by atoms with Gasteiger partial charge in [0.1, 0.15) is 10.5 Å². The number of ether oxygens (including phenoxy) is 3. The molecule has 1 N–H and O–H groups in total. The smallest absolute Gasteiger partial charge is 0.349 e. The van der Waals surface area contributed by atoms with Gasteiger partial charge in [-0.3, -0.25) is 0 Å². The van der Waals surface area contributed by atoms with Crippen LogP contribution in [0.4, 0.5) is 5.13 Å². The summed E-state index contributed by atoms with van der Waals surface area (Å²) in [6, 6.07) is 0. The van der Waals surface area contributed by atoms with Crippen molar-refractivity contribution < 1.29 is 19.0 Å². The molecule has 0 aliphatic carbocycles. The largest absolute Gasteiger partial charge is 0.465 e. The Morgan fingerprint density at radius 3 is 3.11 bits per heavy atom. The summed E-state index contributed by atoms with van der Waals surface area (Å²) in [4.78, 5) is 15.9. The van der Waals surface area contributed by atoms with Gasteiger partial charge in [-0.2, -0.15) is 0 Å². The van der Waals surface area contributed by atoms with Gasteiger partial charge in [-0.1, -0.05) is 11.3 Å². The van der Waals surface area contributed by atoms with Gasteiger partial charge in [0, 0.05) is 26.7 Å². The Hall–Kier alpha value is -1.18. The van der Waals surface area contributed by atoms with Crippen LogP contribution in [-0.2, 0) is 14.2 Å². The summed E-state index contributed by atoms with van der Waals surface area (Å²) in [5.41, 5.74) is -0.295. The topological polar surface area (TPSA) is 69.7 Å². The summed E-state index contributed by atoms with van der Waals surface area (Å²) in [5.74, 6) is -0.369. The number of esters is 1. The lowest BCUT2D eigenvalue weighted by Crippen LogP contribution is -2.39. The van der Waals surface area contributed by atoms with Crippen LogP contribution in [0, 0.1) is 0 Å². The fraction of sp³-hybridized carbons (Fsp3) is 0.636. The van der Waals surface area contributed by atoms with E-state index < -0.39 is 0 Å². The lowest BCUT2D eigenvalue weighted by molar-refractivity contribution is -0.00620. The van der Waals surface area contributed by atoms with Crippen LogP contribution < -0.4 is 5.32 Å². The molecule has 1 aliphatic rings. The van der Waals surface area contributed by atoms with Crippen LogP contribution in [0.2, 0.25) is 0 Å². The number of thiazole rings is 1.